The lowest BCUT2D eigenvalue weighted by molar-refractivity contribution is 0.0693. The molecule has 2 rings (SSSR count). The van der Waals surface area contributed by atoms with Gasteiger partial charge in [0.1, 0.15) is 10.7 Å². The fraction of sp³-hybridized carbons (Fsp3) is 0.611. The van der Waals surface area contributed by atoms with E-state index in [4.69, 9.17) is 0 Å². The van der Waals surface area contributed by atoms with Gasteiger partial charge in [-0.3, -0.25) is 4.79 Å². The maximum absolute atomic E-state index is 14.2. The molecule has 0 aliphatic heterocycles. The van der Waals surface area contributed by atoms with Crippen molar-refractivity contribution in [2.24, 2.45) is 0 Å². The summed E-state index contributed by atoms with van der Waals surface area (Å²) >= 11 is 0. The normalized spacial score (nSPS) is 15.7. The van der Waals surface area contributed by atoms with E-state index < -0.39 is 20.7 Å². The molecule has 1 amide bonds. The molecule has 0 radical (unpaired) electrons. The zero-order valence-electron chi connectivity index (χ0n) is 15.2. The Kier molecular flexibility index (Phi) is 6.57. The number of amides is 1. The zero-order valence-corrected chi connectivity index (χ0v) is 16.0. The molecular weight excluding hydrogens is 343 g/mol. The van der Waals surface area contributed by atoms with Crippen LogP contribution in [0.25, 0.3) is 0 Å². The first-order chi connectivity index (χ1) is 11.9. The van der Waals surface area contributed by atoms with Crippen molar-refractivity contribution in [1.29, 1.82) is 0 Å². The Labute approximate surface area is 149 Å². The van der Waals surface area contributed by atoms with E-state index in [9.17, 15) is 17.6 Å². The van der Waals surface area contributed by atoms with Gasteiger partial charge < -0.3 is 4.90 Å². The number of nitrogens with zero attached hydrogens (tertiary/aromatic N) is 2. The molecule has 1 aliphatic rings. The molecule has 0 N–H and O–H groups in total. The first-order valence-electron chi connectivity index (χ1n) is 8.97. The second-order valence-corrected chi connectivity index (χ2v) is 8.17. The van der Waals surface area contributed by atoms with Gasteiger partial charge in [-0.05, 0) is 38.0 Å². The zero-order chi connectivity index (χ0) is 18.6. The number of carbonyl (C=O) groups excluding carboxylic acids is 1. The van der Waals surface area contributed by atoms with Crippen molar-refractivity contribution >= 4 is 15.9 Å². The quantitative estimate of drug-likeness (QED) is 0.740. The Bertz CT molecular complexity index is 711. The van der Waals surface area contributed by atoms with Crippen LogP contribution >= 0.6 is 0 Å². The highest BCUT2D eigenvalue weighted by Crippen LogP contribution is 2.26. The average molecular weight is 370 g/mol. The van der Waals surface area contributed by atoms with Crippen molar-refractivity contribution in [2.45, 2.75) is 57.4 Å². The van der Waals surface area contributed by atoms with E-state index in [-0.39, 0.29) is 30.6 Å². The van der Waals surface area contributed by atoms with Crippen molar-refractivity contribution in [3.8, 4) is 0 Å². The van der Waals surface area contributed by atoms with Gasteiger partial charge in [-0.25, -0.2) is 12.8 Å². The minimum atomic E-state index is -3.95. The van der Waals surface area contributed by atoms with Crippen molar-refractivity contribution in [3.63, 3.8) is 0 Å². The van der Waals surface area contributed by atoms with Crippen LogP contribution in [0.1, 0.15) is 56.8 Å². The van der Waals surface area contributed by atoms with E-state index in [1.807, 2.05) is 6.92 Å². The van der Waals surface area contributed by atoms with Gasteiger partial charge in [0.25, 0.3) is 5.91 Å². The summed E-state index contributed by atoms with van der Waals surface area (Å²) in [6.45, 7) is 6.37. The first-order valence-corrected chi connectivity index (χ1v) is 10.4. The molecule has 0 saturated heterocycles. The van der Waals surface area contributed by atoms with Gasteiger partial charge in [0.2, 0.25) is 10.0 Å². The lowest BCUT2D eigenvalue weighted by Gasteiger charge is -2.28. The maximum Gasteiger partial charge on any atom is 0.254 e. The van der Waals surface area contributed by atoms with Gasteiger partial charge in [-0.2, -0.15) is 4.31 Å². The van der Waals surface area contributed by atoms with E-state index in [2.05, 4.69) is 0 Å². The number of carbonyl (C=O) groups is 1. The third kappa shape index (κ3) is 4.03. The number of hydrogen-bond acceptors (Lipinski definition) is 3. The van der Waals surface area contributed by atoms with E-state index in [0.29, 0.717) is 6.54 Å². The van der Waals surface area contributed by atoms with Gasteiger partial charge in [0, 0.05) is 31.2 Å². The van der Waals surface area contributed by atoms with Gasteiger partial charge in [0.15, 0.2) is 0 Å². The van der Waals surface area contributed by atoms with Crippen LogP contribution in [0.15, 0.2) is 23.1 Å². The van der Waals surface area contributed by atoms with E-state index in [1.165, 1.54) is 16.4 Å². The molecule has 7 heteroatoms. The highest BCUT2D eigenvalue weighted by Gasteiger charge is 2.29. The van der Waals surface area contributed by atoms with Gasteiger partial charge in [-0.15, -0.1) is 0 Å². The predicted octanol–water partition coefficient (Wildman–Crippen LogP) is 3.26. The number of halogens is 1. The monoisotopic (exact) mass is 370 g/mol. The highest BCUT2D eigenvalue weighted by atomic mass is 32.2. The molecule has 0 heterocycles. The molecule has 0 spiro atoms. The number of rotatable bonds is 7. The van der Waals surface area contributed by atoms with Crippen LogP contribution in [0.5, 0.6) is 0 Å². The SMILES string of the molecule is CCN(C(=O)c1ccc(F)c(S(=O)(=O)N(CC)CC)c1)C1CCCC1. The molecule has 0 atom stereocenters. The van der Waals surface area contributed by atoms with Crippen LogP contribution in [-0.4, -0.2) is 49.2 Å². The van der Waals surface area contributed by atoms with E-state index in [0.717, 1.165) is 31.7 Å². The first kappa shape index (κ1) is 19.8. The molecule has 0 aromatic heterocycles. The lowest BCUT2D eigenvalue weighted by Crippen LogP contribution is -2.38. The second-order valence-electron chi connectivity index (χ2n) is 6.26. The van der Waals surface area contributed by atoms with Gasteiger partial charge in [-0.1, -0.05) is 26.7 Å². The predicted molar refractivity (Wildman–Crippen MR) is 95.5 cm³/mol. The van der Waals surface area contributed by atoms with Crippen molar-refractivity contribution in [1.82, 2.24) is 9.21 Å². The summed E-state index contributed by atoms with van der Waals surface area (Å²) in [6.07, 6.45) is 4.12. The van der Waals surface area contributed by atoms with Crippen molar-refractivity contribution < 1.29 is 17.6 Å². The standard InChI is InChI=1S/C18H27FN2O3S/c1-4-20(5-2)25(23,24)17-13-14(11-12-16(17)19)18(22)21(6-3)15-9-7-8-10-15/h11-13,15H,4-10H2,1-3H3. The fourth-order valence-electron chi connectivity index (χ4n) is 3.49. The van der Waals surface area contributed by atoms with Crippen LogP contribution < -0.4 is 0 Å². The van der Waals surface area contributed by atoms with Crippen LogP contribution in [0.2, 0.25) is 0 Å². The molecule has 5 nitrogen and oxygen atoms in total. The van der Waals surface area contributed by atoms with Crippen LogP contribution in [0.4, 0.5) is 4.39 Å². The molecule has 1 fully saturated rings. The third-order valence-corrected chi connectivity index (χ3v) is 6.93. The van der Waals surface area contributed by atoms with Crippen molar-refractivity contribution in [3.05, 3.63) is 29.6 Å². The van der Waals surface area contributed by atoms with Crippen LogP contribution in [0, 0.1) is 5.82 Å². The summed E-state index contributed by atoms with van der Waals surface area (Å²) < 4.78 is 40.7. The Morgan fingerprint density at radius 1 is 1.12 bits per heavy atom. The Morgan fingerprint density at radius 2 is 1.72 bits per heavy atom. The fourth-order valence-corrected chi connectivity index (χ4v) is 5.03. The molecular formula is C18H27FN2O3S. The molecule has 1 aromatic rings. The van der Waals surface area contributed by atoms with Gasteiger partial charge >= 0.3 is 0 Å². The summed E-state index contributed by atoms with van der Waals surface area (Å²) in [7, 11) is -3.95. The minimum absolute atomic E-state index is 0.186. The van der Waals surface area contributed by atoms with E-state index in [1.54, 1.807) is 18.7 Å². The molecule has 140 valence electrons. The average Bonchev–Trinajstić information content (AvgIpc) is 3.10. The molecule has 0 unspecified atom stereocenters. The molecule has 1 aliphatic carbocycles. The van der Waals surface area contributed by atoms with Crippen molar-refractivity contribution in [2.75, 3.05) is 19.6 Å². The molecule has 1 aromatic carbocycles. The Balaban J connectivity index is 2.39. The Morgan fingerprint density at radius 3 is 2.24 bits per heavy atom. The topological polar surface area (TPSA) is 57.7 Å². The second kappa shape index (κ2) is 8.27. The molecule has 25 heavy (non-hydrogen) atoms. The summed E-state index contributed by atoms with van der Waals surface area (Å²) in [6, 6.07) is 3.82. The van der Waals surface area contributed by atoms with Crippen LogP contribution in [-0.2, 0) is 10.0 Å². The van der Waals surface area contributed by atoms with Crippen LogP contribution in [0.3, 0.4) is 0 Å². The smallest absolute Gasteiger partial charge is 0.254 e. The maximum atomic E-state index is 14.2. The number of hydrogen-bond donors (Lipinski definition) is 0. The van der Waals surface area contributed by atoms with E-state index >= 15 is 0 Å². The number of sulfonamides is 1. The summed E-state index contributed by atoms with van der Waals surface area (Å²) in [5.41, 5.74) is 0.223. The highest BCUT2D eigenvalue weighted by molar-refractivity contribution is 7.89. The summed E-state index contributed by atoms with van der Waals surface area (Å²) in [5.74, 6) is -1.06. The lowest BCUT2D eigenvalue weighted by atomic mass is 10.1. The largest absolute Gasteiger partial charge is 0.336 e. The van der Waals surface area contributed by atoms with Gasteiger partial charge in [0.05, 0.1) is 0 Å². The third-order valence-electron chi connectivity index (χ3n) is 4.87. The summed E-state index contributed by atoms with van der Waals surface area (Å²) in [5, 5.41) is 0. The summed E-state index contributed by atoms with van der Waals surface area (Å²) in [4.78, 5) is 14.2. The minimum Gasteiger partial charge on any atom is -0.336 e. The molecule has 0 bridgehead atoms. The number of benzene rings is 1. The Hall–Kier alpha value is -1.47. The molecule has 1 saturated carbocycles.